The SMILES string of the molecule is O=C(Cc1ccc(Br)cc1)C[C@@H](Cc1ccccc1)C(=O)NCCO. The quantitative estimate of drug-likeness (QED) is 0.676. The van der Waals surface area contributed by atoms with Crippen molar-refractivity contribution >= 4 is 27.6 Å². The largest absolute Gasteiger partial charge is 0.395 e. The van der Waals surface area contributed by atoms with E-state index in [1.54, 1.807) is 0 Å². The van der Waals surface area contributed by atoms with Crippen LogP contribution in [0.2, 0.25) is 0 Å². The molecule has 0 bridgehead atoms. The Labute approximate surface area is 156 Å². The van der Waals surface area contributed by atoms with Crippen LogP contribution in [0.3, 0.4) is 0 Å². The van der Waals surface area contributed by atoms with Crippen LogP contribution in [0.1, 0.15) is 17.5 Å². The summed E-state index contributed by atoms with van der Waals surface area (Å²) >= 11 is 3.37. The molecule has 132 valence electrons. The molecule has 0 radical (unpaired) electrons. The Bertz CT molecular complexity index is 686. The molecule has 2 rings (SSSR count). The lowest BCUT2D eigenvalue weighted by molar-refractivity contribution is -0.129. The standard InChI is InChI=1S/C20H22BrNO3/c21-18-8-6-16(7-9-18)13-19(24)14-17(20(25)22-10-11-23)12-15-4-2-1-3-5-15/h1-9,17,23H,10-14H2,(H,22,25)/t17-/m1/s1. The number of hydrogen-bond donors (Lipinski definition) is 2. The lowest BCUT2D eigenvalue weighted by Crippen LogP contribution is -2.35. The average Bonchev–Trinajstić information content (AvgIpc) is 2.62. The minimum atomic E-state index is -0.433. The summed E-state index contributed by atoms with van der Waals surface area (Å²) in [4.78, 5) is 24.8. The van der Waals surface area contributed by atoms with Crippen molar-refractivity contribution < 1.29 is 14.7 Å². The topological polar surface area (TPSA) is 66.4 Å². The van der Waals surface area contributed by atoms with Crippen molar-refractivity contribution in [2.75, 3.05) is 13.2 Å². The molecule has 5 heteroatoms. The number of carbonyl (C=O) groups excluding carboxylic acids is 2. The maximum absolute atomic E-state index is 12.4. The van der Waals surface area contributed by atoms with Crippen molar-refractivity contribution in [2.45, 2.75) is 19.3 Å². The first kappa shape index (κ1) is 19.3. The molecule has 0 aliphatic carbocycles. The summed E-state index contributed by atoms with van der Waals surface area (Å²) in [5.74, 6) is -0.596. The molecule has 0 saturated heterocycles. The number of hydrogen-bond acceptors (Lipinski definition) is 3. The zero-order chi connectivity index (χ0) is 18.1. The summed E-state index contributed by atoms with van der Waals surface area (Å²) in [6, 6.07) is 17.3. The molecule has 4 nitrogen and oxygen atoms in total. The van der Waals surface area contributed by atoms with Gasteiger partial charge in [0.15, 0.2) is 0 Å². The highest BCUT2D eigenvalue weighted by atomic mass is 79.9. The second-order valence-electron chi connectivity index (χ2n) is 5.95. The molecule has 2 aromatic rings. The number of Topliss-reactive ketones (excluding diaryl/α,β-unsaturated/α-hetero) is 1. The van der Waals surface area contributed by atoms with Gasteiger partial charge in [0.2, 0.25) is 5.91 Å². The minimum Gasteiger partial charge on any atom is -0.395 e. The molecule has 0 heterocycles. The predicted molar refractivity (Wildman–Crippen MR) is 101 cm³/mol. The van der Waals surface area contributed by atoms with Crippen molar-refractivity contribution in [3.05, 3.63) is 70.2 Å². The van der Waals surface area contributed by atoms with Crippen molar-refractivity contribution in [1.29, 1.82) is 0 Å². The molecule has 0 unspecified atom stereocenters. The van der Waals surface area contributed by atoms with Gasteiger partial charge in [-0.3, -0.25) is 9.59 Å². The van der Waals surface area contributed by atoms with Gasteiger partial charge in [0.05, 0.1) is 6.61 Å². The van der Waals surface area contributed by atoms with E-state index in [1.807, 2.05) is 54.6 Å². The van der Waals surface area contributed by atoms with Gasteiger partial charge in [0.1, 0.15) is 5.78 Å². The Morgan fingerprint density at radius 2 is 1.68 bits per heavy atom. The van der Waals surface area contributed by atoms with Crippen LogP contribution in [0.5, 0.6) is 0 Å². The number of nitrogens with one attached hydrogen (secondary N) is 1. The van der Waals surface area contributed by atoms with E-state index in [9.17, 15) is 9.59 Å². The molecular formula is C20H22BrNO3. The van der Waals surface area contributed by atoms with Crippen LogP contribution in [0.4, 0.5) is 0 Å². The highest BCUT2D eigenvalue weighted by Gasteiger charge is 2.22. The van der Waals surface area contributed by atoms with Crippen LogP contribution in [-0.2, 0) is 22.4 Å². The Morgan fingerprint density at radius 3 is 2.32 bits per heavy atom. The molecule has 0 spiro atoms. The molecular weight excluding hydrogens is 382 g/mol. The molecule has 0 aliphatic heterocycles. The lowest BCUT2D eigenvalue weighted by Gasteiger charge is -2.16. The minimum absolute atomic E-state index is 0.0300. The van der Waals surface area contributed by atoms with Gasteiger partial charge in [0, 0.05) is 29.8 Å². The zero-order valence-electron chi connectivity index (χ0n) is 14.0. The van der Waals surface area contributed by atoms with Gasteiger partial charge >= 0.3 is 0 Å². The summed E-state index contributed by atoms with van der Waals surface area (Å²) in [5, 5.41) is 11.6. The van der Waals surface area contributed by atoms with E-state index in [4.69, 9.17) is 5.11 Å². The van der Waals surface area contributed by atoms with Crippen molar-refractivity contribution in [2.24, 2.45) is 5.92 Å². The Kier molecular flexibility index (Phi) is 7.82. The lowest BCUT2D eigenvalue weighted by atomic mass is 9.91. The average molecular weight is 404 g/mol. The number of ketones is 1. The molecule has 0 saturated carbocycles. The first-order valence-electron chi connectivity index (χ1n) is 8.27. The van der Waals surface area contributed by atoms with Gasteiger partial charge in [0.25, 0.3) is 0 Å². The van der Waals surface area contributed by atoms with Crippen LogP contribution < -0.4 is 5.32 Å². The number of carbonyl (C=O) groups is 2. The molecule has 0 aliphatic rings. The summed E-state index contributed by atoms with van der Waals surface area (Å²) in [6.07, 6.45) is 0.998. The third-order valence-electron chi connectivity index (χ3n) is 3.90. The summed E-state index contributed by atoms with van der Waals surface area (Å²) in [5.41, 5.74) is 1.95. The van der Waals surface area contributed by atoms with E-state index in [0.717, 1.165) is 15.6 Å². The van der Waals surface area contributed by atoms with Gasteiger partial charge in [-0.2, -0.15) is 0 Å². The molecule has 2 N–H and O–H groups in total. The third-order valence-corrected chi connectivity index (χ3v) is 4.42. The van der Waals surface area contributed by atoms with Crippen molar-refractivity contribution in [3.63, 3.8) is 0 Å². The second kappa shape index (κ2) is 10.1. The first-order chi connectivity index (χ1) is 12.1. The van der Waals surface area contributed by atoms with Crippen LogP contribution in [0.15, 0.2) is 59.1 Å². The summed E-state index contributed by atoms with van der Waals surface area (Å²) in [7, 11) is 0. The van der Waals surface area contributed by atoms with E-state index in [0.29, 0.717) is 12.8 Å². The van der Waals surface area contributed by atoms with Crippen LogP contribution in [0.25, 0.3) is 0 Å². The molecule has 0 aromatic heterocycles. The molecule has 1 atom stereocenters. The Hall–Kier alpha value is -1.98. The Morgan fingerprint density at radius 1 is 1.00 bits per heavy atom. The maximum Gasteiger partial charge on any atom is 0.223 e. The highest BCUT2D eigenvalue weighted by molar-refractivity contribution is 9.10. The van der Waals surface area contributed by atoms with E-state index in [2.05, 4.69) is 21.2 Å². The smallest absolute Gasteiger partial charge is 0.223 e. The predicted octanol–water partition coefficient (Wildman–Crippen LogP) is 2.92. The van der Waals surface area contributed by atoms with E-state index in [-0.39, 0.29) is 31.3 Å². The van der Waals surface area contributed by atoms with Crippen LogP contribution in [0, 0.1) is 5.92 Å². The van der Waals surface area contributed by atoms with Gasteiger partial charge in [-0.1, -0.05) is 58.4 Å². The first-order valence-corrected chi connectivity index (χ1v) is 9.06. The number of amides is 1. The molecule has 25 heavy (non-hydrogen) atoms. The van der Waals surface area contributed by atoms with Gasteiger partial charge in [-0.15, -0.1) is 0 Å². The molecule has 1 amide bonds. The summed E-state index contributed by atoms with van der Waals surface area (Å²) in [6.45, 7) is 0.0850. The zero-order valence-corrected chi connectivity index (χ0v) is 15.5. The van der Waals surface area contributed by atoms with E-state index < -0.39 is 5.92 Å². The van der Waals surface area contributed by atoms with Crippen molar-refractivity contribution in [3.8, 4) is 0 Å². The Balaban J connectivity index is 2.02. The number of halogens is 1. The van der Waals surface area contributed by atoms with Crippen molar-refractivity contribution in [1.82, 2.24) is 5.32 Å². The molecule has 2 aromatic carbocycles. The van der Waals surface area contributed by atoms with E-state index in [1.165, 1.54) is 0 Å². The normalized spacial score (nSPS) is 11.8. The molecule has 0 fully saturated rings. The van der Waals surface area contributed by atoms with E-state index >= 15 is 0 Å². The van der Waals surface area contributed by atoms with Gasteiger partial charge < -0.3 is 10.4 Å². The second-order valence-corrected chi connectivity index (χ2v) is 6.86. The van der Waals surface area contributed by atoms with Crippen LogP contribution in [-0.4, -0.2) is 29.9 Å². The number of benzene rings is 2. The maximum atomic E-state index is 12.4. The highest BCUT2D eigenvalue weighted by Crippen LogP contribution is 2.16. The van der Waals surface area contributed by atoms with Crippen LogP contribution >= 0.6 is 15.9 Å². The summed E-state index contributed by atoms with van der Waals surface area (Å²) < 4.78 is 0.967. The van der Waals surface area contributed by atoms with Gasteiger partial charge in [-0.25, -0.2) is 0 Å². The number of aliphatic hydroxyl groups is 1. The monoisotopic (exact) mass is 403 g/mol. The number of rotatable bonds is 9. The fourth-order valence-corrected chi connectivity index (χ4v) is 2.92. The fraction of sp³-hybridized carbons (Fsp3) is 0.300. The fourth-order valence-electron chi connectivity index (χ4n) is 2.66. The number of aliphatic hydroxyl groups excluding tert-OH is 1. The third kappa shape index (κ3) is 6.80. The van der Waals surface area contributed by atoms with Gasteiger partial charge in [-0.05, 0) is 29.7 Å².